The lowest BCUT2D eigenvalue weighted by Gasteiger charge is -2.10. The highest BCUT2D eigenvalue weighted by Crippen LogP contribution is 2.28. The molecule has 0 radical (unpaired) electrons. The highest BCUT2D eigenvalue weighted by molar-refractivity contribution is 7.10. The molecule has 1 aromatic heterocycles. The Morgan fingerprint density at radius 3 is 2.67 bits per heavy atom. The van der Waals surface area contributed by atoms with E-state index in [1.165, 1.54) is 10.4 Å². The van der Waals surface area contributed by atoms with Gasteiger partial charge < -0.3 is 5.32 Å². The number of hydrogen-bond donors (Lipinski definition) is 1. The van der Waals surface area contributed by atoms with E-state index in [0.29, 0.717) is 12.6 Å². The largest absolute Gasteiger partial charge is 0.310 e. The fraction of sp³-hybridized carbons (Fsp3) is 0.333. The van der Waals surface area contributed by atoms with Crippen LogP contribution in [0.25, 0.3) is 11.1 Å². The fourth-order valence-electron chi connectivity index (χ4n) is 1.88. The number of thiophene rings is 1. The maximum Gasteiger partial charge on any atom is 0.127 e. The van der Waals surface area contributed by atoms with Crippen LogP contribution in [-0.4, -0.2) is 6.04 Å². The molecule has 0 aliphatic heterocycles. The summed E-state index contributed by atoms with van der Waals surface area (Å²) in [5, 5.41) is 5.32. The van der Waals surface area contributed by atoms with E-state index in [1.54, 1.807) is 17.4 Å². The summed E-state index contributed by atoms with van der Waals surface area (Å²) in [4.78, 5) is 1.27. The second-order valence-corrected chi connectivity index (χ2v) is 5.85. The third-order valence-corrected chi connectivity index (χ3v) is 3.76. The molecule has 1 nitrogen and oxygen atoms in total. The minimum Gasteiger partial charge on any atom is -0.310 e. The minimum absolute atomic E-state index is 0.139. The van der Waals surface area contributed by atoms with E-state index >= 15 is 0 Å². The predicted molar refractivity (Wildman–Crippen MR) is 76.4 cm³/mol. The van der Waals surface area contributed by atoms with Crippen molar-refractivity contribution in [3.8, 4) is 11.1 Å². The monoisotopic (exact) mass is 263 g/mol. The average Bonchev–Trinajstić information content (AvgIpc) is 2.74. The van der Waals surface area contributed by atoms with Crippen molar-refractivity contribution in [3.05, 3.63) is 45.9 Å². The summed E-state index contributed by atoms with van der Waals surface area (Å²) in [7, 11) is 0. The van der Waals surface area contributed by atoms with E-state index in [1.807, 2.05) is 12.1 Å². The van der Waals surface area contributed by atoms with Crippen LogP contribution in [0, 0.1) is 12.7 Å². The number of benzene rings is 1. The Labute approximate surface area is 112 Å². The average molecular weight is 263 g/mol. The number of hydrogen-bond acceptors (Lipinski definition) is 2. The molecule has 1 N–H and O–H groups in total. The molecule has 3 heteroatoms. The van der Waals surface area contributed by atoms with Gasteiger partial charge in [-0.2, -0.15) is 0 Å². The molecule has 0 saturated carbocycles. The molecular formula is C15H18FNS. The van der Waals surface area contributed by atoms with Crippen LogP contribution in [0.1, 0.15) is 24.3 Å². The van der Waals surface area contributed by atoms with Gasteiger partial charge in [0.15, 0.2) is 0 Å². The van der Waals surface area contributed by atoms with Gasteiger partial charge in [-0.05, 0) is 41.6 Å². The molecule has 0 spiro atoms. The SMILES string of the molecule is Cc1sccc1-c1ccc(F)c(CNC(C)C)c1. The summed E-state index contributed by atoms with van der Waals surface area (Å²) in [5.74, 6) is -0.139. The van der Waals surface area contributed by atoms with Crippen LogP contribution < -0.4 is 5.32 Å². The Kier molecular flexibility index (Phi) is 4.15. The lowest BCUT2D eigenvalue weighted by molar-refractivity contribution is 0.553. The fourth-order valence-corrected chi connectivity index (χ4v) is 2.60. The molecule has 2 aromatic rings. The van der Waals surface area contributed by atoms with Crippen LogP contribution in [0.2, 0.25) is 0 Å². The molecule has 0 atom stereocenters. The Bertz CT molecular complexity index is 531. The van der Waals surface area contributed by atoms with Crippen LogP contribution in [0.5, 0.6) is 0 Å². The van der Waals surface area contributed by atoms with Gasteiger partial charge in [-0.15, -0.1) is 11.3 Å². The first-order valence-electron chi connectivity index (χ1n) is 6.14. The maximum atomic E-state index is 13.7. The molecule has 0 amide bonds. The minimum atomic E-state index is -0.139. The van der Waals surface area contributed by atoms with Crippen molar-refractivity contribution in [2.24, 2.45) is 0 Å². The molecule has 0 bridgehead atoms. The van der Waals surface area contributed by atoms with Gasteiger partial charge in [0.05, 0.1) is 0 Å². The molecule has 0 unspecified atom stereocenters. The van der Waals surface area contributed by atoms with Crippen LogP contribution in [0.3, 0.4) is 0 Å². The molecule has 2 rings (SSSR count). The summed E-state index contributed by atoms with van der Waals surface area (Å²) in [6, 6.07) is 7.80. The van der Waals surface area contributed by atoms with Crippen molar-refractivity contribution in [2.75, 3.05) is 0 Å². The first-order valence-corrected chi connectivity index (χ1v) is 7.02. The topological polar surface area (TPSA) is 12.0 Å². The highest BCUT2D eigenvalue weighted by atomic mass is 32.1. The standard InChI is InChI=1S/C15H18FNS/c1-10(2)17-9-13-8-12(4-5-15(13)16)14-6-7-18-11(14)3/h4-8,10,17H,9H2,1-3H3. The van der Waals surface area contributed by atoms with E-state index in [2.05, 4.69) is 37.5 Å². The second-order valence-electron chi connectivity index (χ2n) is 4.73. The molecule has 1 aromatic carbocycles. The van der Waals surface area contributed by atoms with Crippen LogP contribution >= 0.6 is 11.3 Å². The highest BCUT2D eigenvalue weighted by Gasteiger charge is 2.08. The summed E-state index contributed by atoms with van der Waals surface area (Å²) in [5.41, 5.74) is 3.02. The number of halogens is 1. The van der Waals surface area contributed by atoms with Gasteiger partial charge in [-0.3, -0.25) is 0 Å². The number of nitrogens with one attached hydrogen (secondary N) is 1. The van der Waals surface area contributed by atoms with Crippen LogP contribution in [0.15, 0.2) is 29.6 Å². The van der Waals surface area contributed by atoms with Crippen molar-refractivity contribution in [1.82, 2.24) is 5.32 Å². The Morgan fingerprint density at radius 1 is 1.28 bits per heavy atom. The Balaban J connectivity index is 2.29. The molecular weight excluding hydrogens is 245 g/mol. The van der Waals surface area contributed by atoms with Crippen LogP contribution in [0.4, 0.5) is 4.39 Å². The van der Waals surface area contributed by atoms with Gasteiger partial charge in [0.25, 0.3) is 0 Å². The van der Waals surface area contributed by atoms with Gasteiger partial charge >= 0.3 is 0 Å². The lowest BCUT2D eigenvalue weighted by atomic mass is 10.0. The summed E-state index contributed by atoms with van der Waals surface area (Å²) >= 11 is 1.72. The van der Waals surface area contributed by atoms with E-state index in [9.17, 15) is 4.39 Å². The first kappa shape index (κ1) is 13.2. The summed E-state index contributed by atoms with van der Waals surface area (Å²) in [6.45, 7) is 6.78. The second kappa shape index (κ2) is 5.63. The van der Waals surface area contributed by atoms with Crippen molar-refractivity contribution in [1.29, 1.82) is 0 Å². The first-order chi connectivity index (χ1) is 8.58. The van der Waals surface area contributed by atoms with Crippen molar-refractivity contribution in [2.45, 2.75) is 33.4 Å². The van der Waals surface area contributed by atoms with Gasteiger partial charge in [0.1, 0.15) is 5.82 Å². The third kappa shape index (κ3) is 2.98. The zero-order valence-corrected chi connectivity index (χ0v) is 11.8. The van der Waals surface area contributed by atoms with Crippen molar-refractivity contribution in [3.63, 3.8) is 0 Å². The molecule has 0 aliphatic carbocycles. The maximum absolute atomic E-state index is 13.7. The Hall–Kier alpha value is -1.19. The zero-order valence-electron chi connectivity index (χ0n) is 11.0. The summed E-state index contributed by atoms with van der Waals surface area (Å²) in [6.07, 6.45) is 0. The van der Waals surface area contributed by atoms with Gasteiger partial charge in [-0.25, -0.2) is 4.39 Å². The quantitative estimate of drug-likeness (QED) is 0.864. The Morgan fingerprint density at radius 2 is 2.06 bits per heavy atom. The molecule has 18 heavy (non-hydrogen) atoms. The van der Waals surface area contributed by atoms with Crippen molar-refractivity contribution < 1.29 is 4.39 Å². The molecule has 0 saturated heterocycles. The zero-order chi connectivity index (χ0) is 13.1. The van der Waals surface area contributed by atoms with Gasteiger partial charge in [0, 0.05) is 23.0 Å². The normalized spacial score (nSPS) is 11.2. The predicted octanol–water partition coefficient (Wildman–Crippen LogP) is 4.36. The number of aryl methyl sites for hydroxylation is 1. The molecule has 1 heterocycles. The molecule has 0 fully saturated rings. The van der Waals surface area contributed by atoms with Crippen molar-refractivity contribution >= 4 is 11.3 Å². The van der Waals surface area contributed by atoms with E-state index in [4.69, 9.17) is 0 Å². The number of rotatable bonds is 4. The smallest absolute Gasteiger partial charge is 0.127 e. The summed E-state index contributed by atoms with van der Waals surface area (Å²) < 4.78 is 13.7. The van der Waals surface area contributed by atoms with Crippen LogP contribution in [-0.2, 0) is 6.54 Å². The lowest BCUT2D eigenvalue weighted by Crippen LogP contribution is -2.22. The third-order valence-electron chi connectivity index (χ3n) is 2.92. The molecule has 0 aliphatic rings. The van der Waals surface area contributed by atoms with E-state index in [-0.39, 0.29) is 5.82 Å². The van der Waals surface area contributed by atoms with E-state index < -0.39 is 0 Å². The van der Waals surface area contributed by atoms with Gasteiger partial charge in [-0.1, -0.05) is 19.9 Å². The molecule has 96 valence electrons. The van der Waals surface area contributed by atoms with E-state index in [0.717, 1.165) is 11.1 Å². The van der Waals surface area contributed by atoms with Gasteiger partial charge in [0.2, 0.25) is 0 Å².